The van der Waals surface area contributed by atoms with Gasteiger partial charge in [-0.05, 0) is 24.4 Å². The normalized spacial score (nSPS) is 9.50. The summed E-state index contributed by atoms with van der Waals surface area (Å²) in [6.45, 7) is 1.08. The summed E-state index contributed by atoms with van der Waals surface area (Å²) in [7, 11) is 3.13. The van der Waals surface area contributed by atoms with Crippen LogP contribution in [0.2, 0.25) is 0 Å². The maximum absolute atomic E-state index is 11.7. The Labute approximate surface area is 123 Å². The molecule has 0 bridgehead atoms. The zero-order valence-electron chi connectivity index (χ0n) is 11.4. The number of amides is 2. The molecule has 7 nitrogen and oxygen atoms in total. The van der Waals surface area contributed by atoms with E-state index in [1.807, 2.05) is 6.07 Å². The first-order chi connectivity index (χ1) is 9.67. The summed E-state index contributed by atoms with van der Waals surface area (Å²) in [6.07, 6.45) is 0. The number of hydrogen-bond donors (Lipinski definition) is 4. The van der Waals surface area contributed by atoms with Crippen LogP contribution in [0.1, 0.15) is 0 Å². The van der Waals surface area contributed by atoms with Gasteiger partial charge in [-0.3, -0.25) is 5.43 Å². The topological polar surface area (TPSA) is 83.7 Å². The minimum absolute atomic E-state index is 0.303. The van der Waals surface area contributed by atoms with Crippen LogP contribution in [-0.2, 0) is 4.74 Å². The molecule has 0 unspecified atom stereocenters. The second-order valence-corrected chi connectivity index (χ2v) is 4.06. The zero-order valence-corrected chi connectivity index (χ0v) is 12.2. The highest BCUT2D eigenvalue weighted by atomic mass is 32.1. The number of rotatable bonds is 5. The van der Waals surface area contributed by atoms with Crippen molar-refractivity contribution in [3.8, 4) is 5.75 Å². The molecule has 20 heavy (non-hydrogen) atoms. The van der Waals surface area contributed by atoms with Gasteiger partial charge in [0.2, 0.25) is 0 Å². The molecule has 8 heteroatoms. The number of urea groups is 1. The van der Waals surface area contributed by atoms with Crippen LogP contribution >= 0.6 is 12.2 Å². The number of carbonyl (C=O) groups excluding carboxylic acids is 1. The van der Waals surface area contributed by atoms with Crippen molar-refractivity contribution in [1.82, 2.24) is 16.2 Å². The Morgan fingerprint density at radius 1 is 1.25 bits per heavy atom. The monoisotopic (exact) mass is 298 g/mol. The van der Waals surface area contributed by atoms with Gasteiger partial charge in [0, 0.05) is 13.7 Å². The van der Waals surface area contributed by atoms with E-state index in [0.29, 0.717) is 29.7 Å². The van der Waals surface area contributed by atoms with E-state index < -0.39 is 6.03 Å². The fourth-order valence-corrected chi connectivity index (χ4v) is 1.48. The van der Waals surface area contributed by atoms with E-state index in [-0.39, 0.29) is 0 Å². The zero-order chi connectivity index (χ0) is 14.8. The van der Waals surface area contributed by atoms with Gasteiger partial charge in [-0.1, -0.05) is 12.1 Å². The van der Waals surface area contributed by atoms with Crippen molar-refractivity contribution in [3.63, 3.8) is 0 Å². The van der Waals surface area contributed by atoms with Gasteiger partial charge >= 0.3 is 6.03 Å². The van der Waals surface area contributed by atoms with Gasteiger partial charge in [-0.2, -0.15) is 0 Å². The van der Waals surface area contributed by atoms with Crippen LogP contribution in [0.25, 0.3) is 0 Å². The standard InChI is InChI=1S/C12H18N4O3S/c1-18-8-7-13-12(20)16-15-11(17)14-9-5-3-4-6-10(9)19-2/h3-6H,7-8H2,1-2H3,(H2,13,16,20)(H2,14,15,17). The summed E-state index contributed by atoms with van der Waals surface area (Å²) >= 11 is 4.95. The predicted molar refractivity (Wildman–Crippen MR) is 80.8 cm³/mol. The van der Waals surface area contributed by atoms with Crippen LogP contribution in [0.5, 0.6) is 5.75 Å². The molecular weight excluding hydrogens is 280 g/mol. The fourth-order valence-electron chi connectivity index (χ4n) is 1.33. The van der Waals surface area contributed by atoms with Gasteiger partial charge in [0.15, 0.2) is 5.11 Å². The second-order valence-electron chi connectivity index (χ2n) is 3.65. The van der Waals surface area contributed by atoms with Crippen LogP contribution in [0.15, 0.2) is 24.3 Å². The summed E-state index contributed by atoms with van der Waals surface area (Å²) in [4.78, 5) is 11.7. The molecule has 110 valence electrons. The Morgan fingerprint density at radius 2 is 2.00 bits per heavy atom. The van der Waals surface area contributed by atoms with Crippen LogP contribution in [0, 0.1) is 0 Å². The van der Waals surface area contributed by atoms with Crippen molar-refractivity contribution < 1.29 is 14.3 Å². The van der Waals surface area contributed by atoms with Crippen LogP contribution < -0.4 is 26.2 Å². The number of hydrazine groups is 1. The Balaban J connectivity index is 2.35. The van der Waals surface area contributed by atoms with E-state index in [0.717, 1.165) is 0 Å². The number of hydrogen-bond acceptors (Lipinski definition) is 4. The maximum atomic E-state index is 11.7. The lowest BCUT2D eigenvalue weighted by Gasteiger charge is -2.13. The first-order valence-corrected chi connectivity index (χ1v) is 6.31. The van der Waals surface area contributed by atoms with Crippen molar-refractivity contribution in [2.45, 2.75) is 0 Å². The summed E-state index contributed by atoms with van der Waals surface area (Å²) in [5.41, 5.74) is 5.53. The van der Waals surface area contributed by atoms with E-state index >= 15 is 0 Å². The van der Waals surface area contributed by atoms with Gasteiger partial charge in [0.1, 0.15) is 5.75 Å². The third kappa shape index (κ3) is 5.72. The molecule has 1 rings (SSSR count). The van der Waals surface area contributed by atoms with E-state index in [9.17, 15) is 4.79 Å². The minimum atomic E-state index is -0.453. The van der Waals surface area contributed by atoms with E-state index in [4.69, 9.17) is 21.7 Å². The number of para-hydroxylation sites is 2. The molecule has 0 aliphatic rings. The molecule has 0 saturated heterocycles. The lowest BCUT2D eigenvalue weighted by molar-refractivity contribution is 0.204. The SMILES string of the molecule is COCCNC(=S)NNC(=O)Nc1ccccc1OC. The second kappa shape index (κ2) is 8.94. The molecule has 0 spiro atoms. The Morgan fingerprint density at radius 3 is 2.70 bits per heavy atom. The first kappa shape index (κ1) is 16.0. The lowest BCUT2D eigenvalue weighted by atomic mass is 10.3. The summed E-state index contributed by atoms with van der Waals surface area (Å²) in [5, 5.41) is 5.79. The van der Waals surface area contributed by atoms with Gasteiger partial charge in [0.05, 0.1) is 19.4 Å². The molecular formula is C12H18N4O3S. The summed E-state index contributed by atoms with van der Waals surface area (Å²) in [5.74, 6) is 0.573. The average molecular weight is 298 g/mol. The molecule has 0 radical (unpaired) electrons. The highest BCUT2D eigenvalue weighted by molar-refractivity contribution is 7.80. The van der Waals surface area contributed by atoms with Crippen LogP contribution in [0.3, 0.4) is 0 Å². The van der Waals surface area contributed by atoms with E-state index in [1.165, 1.54) is 7.11 Å². The molecule has 0 atom stereocenters. The van der Waals surface area contributed by atoms with Crippen molar-refractivity contribution in [2.24, 2.45) is 0 Å². The van der Waals surface area contributed by atoms with Gasteiger partial charge in [-0.25, -0.2) is 10.2 Å². The van der Waals surface area contributed by atoms with Gasteiger partial charge in [0.25, 0.3) is 0 Å². The smallest absolute Gasteiger partial charge is 0.338 e. The Hall–Kier alpha value is -2.06. The molecule has 4 N–H and O–H groups in total. The predicted octanol–water partition coefficient (Wildman–Crippen LogP) is 0.842. The number of carbonyl (C=O) groups is 1. The molecule has 0 heterocycles. The third-order valence-electron chi connectivity index (χ3n) is 2.24. The number of ether oxygens (including phenoxy) is 2. The van der Waals surface area contributed by atoms with Crippen molar-refractivity contribution >= 4 is 29.0 Å². The van der Waals surface area contributed by atoms with E-state index in [2.05, 4.69) is 21.5 Å². The summed E-state index contributed by atoms with van der Waals surface area (Å²) in [6, 6.07) is 6.64. The maximum Gasteiger partial charge on any atom is 0.338 e. The molecule has 0 aliphatic heterocycles. The van der Waals surface area contributed by atoms with Crippen LogP contribution in [-0.4, -0.2) is 38.5 Å². The Bertz CT molecular complexity index is 456. The average Bonchev–Trinajstić information content (AvgIpc) is 2.46. The Kier molecular flexibility index (Phi) is 7.15. The van der Waals surface area contributed by atoms with Crippen molar-refractivity contribution in [3.05, 3.63) is 24.3 Å². The molecule has 1 aromatic rings. The highest BCUT2D eigenvalue weighted by Crippen LogP contribution is 2.22. The molecule has 0 aromatic heterocycles. The van der Waals surface area contributed by atoms with Gasteiger partial charge < -0.3 is 20.1 Å². The van der Waals surface area contributed by atoms with Crippen LogP contribution in [0.4, 0.5) is 10.5 Å². The fraction of sp³-hybridized carbons (Fsp3) is 0.333. The lowest BCUT2D eigenvalue weighted by Crippen LogP contribution is -2.48. The van der Waals surface area contributed by atoms with E-state index in [1.54, 1.807) is 25.3 Å². The van der Waals surface area contributed by atoms with Crippen molar-refractivity contribution in [1.29, 1.82) is 0 Å². The molecule has 0 saturated carbocycles. The first-order valence-electron chi connectivity index (χ1n) is 5.90. The van der Waals surface area contributed by atoms with Crippen molar-refractivity contribution in [2.75, 3.05) is 32.7 Å². The number of thiocarbonyl (C=S) groups is 1. The highest BCUT2D eigenvalue weighted by Gasteiger charge is 2.06. The minimum Gasteiger partial charge on any atom is -0.495 e. The summed E-state index contributed by atoms with van der Waals surface area (Å²) < 4.78 is 9.98. The number of nitrogens with one attached hydrogen (secondary N) is 4. The largest absolute Gasteiger partial charge is 0.495 e. The number of methoxy groups -OCH3 is 2. The molecule has 1 aromatic carbocycles. The molecule has 2 amide bonds. The number of benzene rings is 1. The quantitative estimate of drug-likeness (QED) is 0.366. The third-order valence-corrected chi connectivity index (χ3v) is 2.48. The number of anilines is 1. The molecule has 0 fully saturated rings. The molecule has 0 aliphatic carbocycles. The van der Waals surface area contributed by atoms with Gasteiger partial charge in [-0.15, -0.1) is 0 Å².